The Balaban J connectivity index is 1.38. The minimum absolute atomic E-state index is 0.0240. The number of aromatic nitrogens is 3. The molecule has 6 saturated carbocycles. The summed E-state index contributed by atoms with van der Waals surface area (Å²) in [5.74, 6) is 4.40. The normalized spacial score (nSPS) is 62.7. The van der Waals surface area contributed by atoms with Crippen molar-refractivity contribution >= 4 is 0 Å². The van der Waals surface area contributed by atoms with E-state index >= 15 is 0 Å². The maximum Gasteiger partial charge on any atom is 0.347 e. The van der Waals surface area contributed by atoms with Gasteiger partial charge in [-0.2, -0.15) is 0 Å². The lowest BCUT2D eigenvalue weighted by atomic mass is 9.69. The van der Waals surface area contributed by atoms with Gasteiger partial charge in [-0.05, 0) is 71.0 Å². The molecular weight excluding hydrogens is 326 g/mol. The van der Waals surface area contributed by atoms with Gasteiger partial charge in [0.05, 0.1) is 12.1 Å². The average molecular weight is 353 g/mol. The van der Waals surface area contributed by atoms with Gasteiger partial charge in [0.1, 0.15) is 0 Å². The Kier molecular flexibility index (Phi) is 1.71. The van der Waals surface area contributed by atoms with Crippen LogP contribution in [-0.4, -0.2) is 13.9 Å². The Labute approximate surface area is 152 Å². The number of nitrogens with zero attached hydrogens (tertiary/aromatic N) is 3. The summed E-state index contributed by atoms with van der Waals surface area (Å²) in [7, 11) is 0. The van der Waals surface area contributed by atoms with Crippen LogP contribution in [-0.2, 0) is 0 Å². The first kappa shape index (κ1) is 13.8. The summed E-state index contributed by atoms with van der Waals surface area (Å²) >= 11 is 0. The molecule has 0 saturated heterocycles. The monoisotopic (exact) mass is 353 g/mol. The molecule has 0 spiro atoms. The molecule has 3 heterocycles. The van der Waals surface area contributed by atoms with Crippen molar-refractivity contribution in [3.05, 3.63) is 21.0 Å². The van der Waals surface area contributed by atoms with Crippen LogP contribution in [0.2, 0.25) is 0 Å². The van der Waals surface area contributed by atoms with Crippen LogP contribution in [0.3, 0.4) is 0 Å². The fourth-order valence-electron chi connectivity index (χ4n) is 10.2. The van der Waals surface area contributed by atoms with Gasteiger partial charge in [0.25, 0.3) is 0 Å². The molecule has 6 fully saturated rings. The van der Waals surface area contributed by atoms with Gasteiger partial charge in [0.2, 0.25) is 0 Å². The minimum Gasteiger partial charge on any atom is -0.246 e. The maximum absolute atomic E-state index is 13.6. The van der Waals surface area contributed by atoms with Crippen LogP contribution in [0.1, 0.15) is 65.1 Å². The van der Waals surface area contributed by atoms with E-state index in [0.717, 1.165) is 30.6 Å². The van der Waals surface area contributed by atoms with Crippen molar-refractivity contribution in [2.45, 2.75) is 65.1 Å². The van der Waals surface area contributed by atoms with Gasteiger partial charge in [-0.1, -0.05) is 27.7 Å². The molecule has 2 aliphatic heterocycles. The van der Waals surface area contributed by atoms with Gasteiger partial charge >= 0.3 is 11.4 Å². The maximum atomic E-state index is 13.6. The van der Waals surface area contributed by atoms with Crippen molar-refractivity contribution < 1.29 is 0 Å². The fraction of sp³-hybridized carbons (Fsp3) is 0.905. The molecule has 26 heavy (non-hydrogen) atoms. The van der Waals surface area contributed by atoms with Crippen LogP contribution < -0.4 is 11.4 Å². The van der Waals surface area contributed by atoms with Gasteiger partial charge in [0.15, 0.2) is 0 Å². The highest BCUT2D eigenvalue weighted by Crippen LogP contribution is 2.96. The average Bonchev–Trinajstić information content (AvgIpc) is 3.26. The van der Waals surface area contributed by atoms with E-state index in [4.69, 9.17) is 0 Å². The Bertz CT molecular complexity index is 1060. The van der Waals surface area contributed by atoms with Crippen LogP contribution in [0.25, 0.3) is 0 Å². The third-order valence-corrected chi connectivity index (χ3v) is 11.7. The zero-order valence-corrected chi connectivity index (χ0v) is 16.0. The molecule has 0 N–H and O–H groups in total. The quantitative estimate of drug-likeness (QED) is 0.779. The van der Waals surface area contributed by atoms with E-state index in [1.165, 1.54) is 6.42 Å². The lowest BCUT2D eigenvalue weighted by molar-refractivity contribution is 0.0636. The highest BCUT2D eigenvalue weighted by atomic mass is 16.2. The summed E-state index contributed by atoms with van der Waals surface area (Å²) in [4.78, 5) is 27.2. The largest absolute Gasteiger partial charge is 0.347 e. The second-order valence-corrected chi connectivity index (χ2v) is 11.8. The zero-order valence-electron chi connectivity index (χ0n) is 16.0. The first-order valence-electron chi connectivity index (χ1n) is 10.7. The number of fused-ring (bicyclic) bond motifs is 2. The predicted octanol–water partition coefficient (Wildman–Crippen LogP) is 2.44. The standard InChI is InChI=1S/C21H27N3O2/c1-19(2)8-5-6-20(19,3)9(7-8)22-17(25)23-15-11-10-12(11)16(24(23)18(22)26)21(4)13(10)14(15)21/h8-16H,5-7H2,1-4H3/t8-,9+,10-,11-,12+,13+,14-,15+,16+,20+,21-/m0/s1. The summed E-state index contributed by atoms with van der Waals surface area (Å²) < 4.78 is 5.67. The Morgan fingerprint density at radius 1 is 0.923 bits per heavy atom. The molecule has 8 aliphatic rings. The minimum atomic E-state index is 0.0240. The van der Waals surface area contributed by atoms with Crippen LogP contribution in [0.5, 0.6) is 0 Å². The zero-order chi connectivity index (χ0) is 17.7. The van der Waals surface area contributed by atoms with E-state index in [-0.39, 0.29) is 28.3 Å². The van der Waals surface area contributed by atoms with Crippen molar-refractivity contribution in [1.82, 2.24) is 13.9 Å². The smallest absolute Gasteiger partial charge is 0.246 e. The molecule has 0 amide bonds. The van der Waals surface area contributed by atoms with Gasteiger partial charge in [-0.15, -0.1) is 0 Å². The highest BCUT2D eigenvalue weighted by Gasteiger charge is 2.95. The van der Waals surface area contributed by atoms with Gasteiger partial charge < -0.3 is 0 Å². The molecule has 6 aliphatic carbocycles. The third kappa shape index (κ3) is 0.926. The SMILES string of the molecule is CC1(C)[C@H]2CC[C@]1(C)[C@H](n1c(=O)n3n(c1=O)[C@@H]1[C@H]4[C@@H]5[C@@H]4[C@@H]4[C@@H]([C@@H]53)[C@]41C)C2. The molecule has 0 aromatic carbocycles. The number of hydrogen-bond acceptors (Lipinski definition) is 2. The molecule has 0 unspecified atom stereocenters. The molecule has 1 aromatic heterocycles. The lowest BCUT2D eigenvalue weighted by Crippen LogP contribution is -2.48. The van der Waals surface area contributed by atoms with E-state index in [0.29, 0.717) is 35.3 Å². The van der Waals surface area contributed by atoms with Crippen molar-refractivity contribution in [3.63, 3.8) is 0 Å². The molecule has 1 aromatic rings. The topological polar surface area (TPSA) is 48.9 Å². The number of rotatable bonds is 1. The summed E-state index contributed by atoms with van der Waals surface area (Å²) in [6, 6.07) is 0.748. The summed E-state index contributed by atoms with van der Waals surface area (Å²) in [5.41, 5.74) is 0.665. The van der Waals surface area contributed by atoms with Crippen LogP contribution >= 0.6 is 0 Å². The molecule has 5 heteroatoms. The second kappa shape index (κ2) is 3.22. The van der Waals surface area contributed by atoms with Gasteiger partial charge in [-0.25, -0.2) is 23.5 Å². The molecule has 4 bridgehead atoms. The van der Waals surface area contributed by atoms with E-state index in [9.17, 15) is 9.59 Å². The van der Waals surface area contributed by atoms with Crippen LogP contribution in [0, 0.1) is 51.8 Å². The summed E-state index contributed by atoms with van der Waals surface area (Å²) in [6.07, 6.45) is 3.41. The lowest BCUT2D eigenvalue weighted by Gasteiger charge is -2.41. The summed E-state index contributed by atoms with van der Waals surface area (Å²) in [5, 5.41) is 0. The van der Waals surface area contributed by atoms with Crippen molar-refractivity contribution in [2.24, 2.45) is 51.8 Å². The molecule has 11 atom stereocenters. The van der Waals surface area contributed by atoms with Crippen molar-refractivity contribution in [2.75, 3.05) is 0 Å². The van der Waals surface area contributed by atoms with Gasteiger partial charge in [-0.3, -0.25) is 0 Å². The van der Waals surface area contributed by atoms with E-state index in [1.807, 2.05) is 9.36 Å². The van der Waals surface area contributed by atoms with E-state index < -0.39 is 0 Å². The molecule has 0 radical (unpaired) electrons. The second-order valence-electron chi connectivity index (χ2n) is 11.8. The van der Waals surface area contributed by atoms with Crippen LogP contribution in [0.4, 0.5) is 0 Å². The third-order valence-electron chi connectivity index (χ3n) is 11.7. The molecular formula is C21H27N3O2. The highest BCUT2D eigenvalue weighted by molar-refractivity contribution is 5.42. The fourth-order valence-corrected chi connectivity index (χ4v) is 10.2. The van der Waals surface area contributed by atoms with E-state index in [1.54, 1.807) is 4.57 Å². The Morgan fingerprint density at radius 3 is 2.23 bits per heavy atom. The summed E-state index contributed by atoms with van der Waals surface area (Å²) in [6.45, 7) is 9.47. The predicted molar refractivity (Wildman–Crippen MR) is 94.8 cm³/mol. The van der Waals surface area contributed by atoms with Crippen molar-refractivity contribution in [3.8, 4) is 0 Å². The van der Waals surface area contributed by atoms with Gasteiger partial charge in [0, 0.05) is 6.04 Å². The Morgan fingerprint density at radius 2 is 1.65 bits per heavy atom. The molecule has 9 rings (SSSR count). The van der Waals surface area contributed by atoms with Crippen LogP contribution in [0.15, 0.2) is 9.59 Å². The van der Waals surface area contributed by atoms with Crippen molar-refractivity contribution in [1.29, 1.82) is 0 Å². The molecule has 5 nitrogen and oxygen atoms in total. The first-order valence-corrected chi connectivity index (χ1v) is 10.7. The number of hydrogen-bond donors (Lipinski definition) is 0. The first-order chi connectivity index (χ1) is 12.3. The molecule has 138 valence electrons. The Hall–Kier alpha value is -1.26. The van der Waals surface area contributed by atoms with E-state index in [2.05, 4.69) is 27.7 Å².